The van der Waals surface area contributed by atoms with Crippen LogP contribution in [0, 0.1) is 0 Å². The molecule has 366 valence electrons. The summed E-state index contributed by atoms with van der Waals surface area (Å²) in [6, 6.07) is 0. The molecule has 0 aliphatic carbocycles. The van der Waals surface area contributed by atoms with Crippen LogP contribution in [0.25, 0.3) is 0 Å². The predicted molar refractivity (Wildman–Crippen MR) is 256 cm³/mol. The fourth-order valence-corrected chi connectivity index (χ4v) is 7.65. The van der Waals surface area contributed by atoms with Crippen molar-refractivity contribution < 1.29 is 42.9 Å². The maximum Gasteiger partial charge on any atom is 0.306 e. The molecule has 0 rings (SSSR count). The minimum absolute atomic E-state index is 0.150. The summed E-state index contributed by atoms with van der Waals surface area (Å²) in [7, 11) is 5.92. The van der Waals surface area contributed by atoms with E-state index in [2.05, 4.69) is 26.0 Å². The monoisotopic (exact) mass is 880 g/mol. The number of hydrogen-bond acceptors (Lipinski definition) is 8. The van der Waals surface area contributed by atoms with Crippen LogP contribution in [-0.2, 0) is 33.3 Å². The SMILES string of the molecule is CCCCCCCCC/C=C\CCCCCCCCCC(=O)OC(COC(=O)CCCCCCCCCCCCCCCCCCCCC)COC(OCC[N+](C)(C)C)C(=O)[O-]. The molecule has 0 saturated heterocycles. The van der Waals surface area contributed by atoms with Crippen molar-refractivity contribution in [2.45, 2.75) is 264 Å². The number of carbonyl (C=O) groups excluding carboxylic acids is 3. The molecule has 0 aliphatic heterocycles. The molecule has 2 unspecified atom stereocenters. The number of esters is 2. The van der Waals surface area contributed by atoms with E-state index in [1.165, 1.54) is 173 Å². The Balaban J connectivity index is 4.30. The Morgan fingerprint density at radius 3 is 1.19 bits per heavy atom. The Morgan fingerprint density at radius 2 is 0.823 bits per heavy atom. The van der Waals surface area contributed by atoms with Gasteiger partial charge >= 0.3 is 11.9 Å². The van der Waals surface area contributed by atoms with Crippen LogP contribution >= 0.6 is 0 Å². The van der Waals surface area contributed by atoms with Gasteiger partial charge in [0.1, 0.15) is 13.2 Å². The summed E-state index contributed by atoms with van der Waals surface area (Å²) < 4.78 is 22.7. The smallest absolute Gasteiger partial charge is 0.306 e. The number of rotatable bonds is 49. The highest BCUT2D eigenvalue weighted by Gasteiger charge is 2.22. The number of allylic oxidation sites excluding steroid dienone is 2. The van der Waals surface area contributed by atoms with E-state index in [-0.39, 0.29) is 32.2 Å². The third kappa shape index (κ3) is 46.0. The van der Waals surface area contributed by atoms with Gasteiger partial charge in [0.2, 0.25) is 0 Å². The molecule has 62 heavy (non-hydrogen) atoms. The average Bonchev–Trinajstić information content (AvgIpc) is 3.23. The van der Waals surface area contributed by atoms with Crippen molar-refractivity contribution >= 4 is 17.9 Å². The minimum Gasteiger partial charge on any atom is -0.545 e. The van der Waals surface area contributed by atoms with Gasteiger partial charge in [-0.15, -0.1) is 0 Å². The number of carbonyl (C=O) groups is 3. The van der Waals surface area contributed by atoms with Gasteiger partial charge in [-0.1, -0.05) is 212 Å². The molecule has 9 nitrogen and oxygen atoms in total. The van der Waals surface area contributed by atoms with Crippen molar-refractivity contribution in [1.82, 2.24) is 0 Å². The largest absolute Gasteiger partial charge is 0.545 e. The van der Waals surface area contributed by atoms with E-state index < -0.39 is 24.3 Å². The number of nitrogens with zero attached hydrogens (tertiary/aromatic N) is 1. The fourth-order valence-electron chi connectivity index (χ4n) is 7.65. The molecule has 0 heterocycles. The van der Waals surface area contributed by atoms with Crippen molar-refractivity contribution in [2.24, 2.45) is 0 Å². The van der Waals surface area contributed by atoms with Gasteiger partial charge in [-0.3, -0.25) is 9.59 Å². The first kappa shape index (κ1) is 60.0. The van der Waals surface area contributed by atoms with Crippen LogP contribution in [0.2, 0.25) is 0 Å². The molecule has 0 aromatic carbocycles. The molecule has 0 spiro atoms. The van der Waals surface area contributed by atoms with Gasteiger partial charge in [-0.05, 0) is 38.5 Å². The van der Waals surface area contributed by atoms with Crippen molar-refractivity contribution in [3.05, 3.63) is 12.2 Å². The van der Waals surface area contributed by atoms with Crippen molar-refractivity contribution in [2.75, 3.05) is 47.5 Å². The first-order valence-corrected chi connectivity index (χ1v) is 26.3. The lowest BCUT2D eigenvalue weighted by Gasteiger charge is -2.26. The van der Waals surface area contributed by atoms with E-state index in [0.717, 1.165) is 44.9 Å². The van der Waals surface area contributed by atoms with E-state index in [1.807, 2.05) is 21.1 Å². The summed E-state index contributed by atoms with van der Waals surface area (Å²) in [5.74, 6) is -2.27. The zero-order valence-corrected chi connectivity index (χ0v) is 41.5. The molecule has 0 N–H and O–H groups in total. The van der Waals surface area contributed by atoms with Gasteiger partial charge in [-0.2, -0.15) is 0 Å². The van der Waals surface area contributed by atoms with Crippen LogP contribution in [0.1, 0.15) is 251 Å². The number of aliphatic carboxylic acids is 1. The quantitative estimate of drug-likeness (QED) is 0.0195. The Hall–Kier alpha value is -1.97. The Morgan fingerprint density at radius 1 is 0.468 bits per heavy atom. The number of carboxylic acid groups (broad SMARTS) is 1. The van der Waals surface area contributed by atoms with E-state index in [9.17, 15) is 19.5 Å². The molecular formula is C53H101NO8. The second-order valence-electron chi connectivity index (χ2n) is 19.2. The van der Waals surface area contributed by atoms with Crippen LogP contribution in [0.15, 0.2) is 12.2 Å². The van der Waals surface area contributed by atoms with Crippen LogP contribution in [0.4, 0.5) is 0 Å². The maximum atomic E-state index is 12.8. The van der Waals surface area contributed by atoms with E-state index in [0.29, 0.717) is 23.9 Å². The van der Waals surface area contributed by atoms with Crippen molar-refractivity contribution in [3.63, 3.8) is 0 Å². The number of ether oxygens (including phenoxy) is 4. The lowest BCUT2D eigenvalue weighted by Crippen LogP contribution is -2.44. The standard InChI is InChI=1S/C53H101NO8/c1-6-8-10-12-14-16-18-20-22-24-26-28-29-31-33-35-37-39-41-43-50(55)60-47-49(48-61-53(52(57)58)59-46-45-54(3,4)5)62-51(56)44-42-40-38-36-34-32-30-27-25-23-21-19-17-15-13-11-9-7-2/h23,25,49,53H,6-22,24,26-48H2,1-5H3/b25-23-. The van der Waals surface area contributed by atoms with Gasteiger partial charge in [0.05, 0.1) is 40.3 Å². The second kappa shape index (κ2) is 45.6. The summed E-state index contributed by atoms with van der Waals surface area (Å²) in [5.41, 5.74) is 0. The average molecular weight is 880 g/mol. The molecule has 0 radical (unpaired) electrons. The van der Waals surface area contributed by atoms with Gasteiger partial charge in [0.15, 0.2) is 12.4 Å². The van der Waals surface area contributed by atoms with Gasteiger partial charge in [0, 0.05) is 12.8 Å². The predicted octanol–water partition coefficient (Wildman–Crippen LogP) is 13.3. The Bertz CT molecular complexity index is 1030. The highest BCUT2D eigenvalue weighted by Crippen LogP contribution is 2.16. The third-order valence-corrected chi connectivity index (χ3v) is 11.8. The maximum absolute atomic E-state index is 12.8. The first-order chi connectivity index (χ1) is 30.1. The summed E-state index contributed by atoms with van der Waals surface area (Å²) in [4.78, 5) is 37.2. The van der Waals surface area contributed by atoms with E-state index in [1.54, 1.807) is 0 Å². The molecule has 2 atom stereocenters. The lowest BCUT2D eigenvalue weighted by atomic mass is 10.0. The zero-order valence-electron chi connectivity index (χ0n) is 41.5. The van der Waals surface area contributed by atoms with Crippen LogP contribution in [-0.4, -0.2) is 82.3 Å². The molecule has 0 amide bonds. The topological polar surface area (TPSA) is 111 Å². The molecule has 0 fully saturated rings. The normalized spacial score (nSPS) is 12.9. The highest BCUT2D eigenvalue weighted by atomic mass is 16.7. The second-order valence-corrected chi connectivity index (χ2v) is 19.2. The number of unbranched alkanes of at least 4 members (excludes halogenated alkanes) is 32. The minimum atomic E-state index is -1.62. The molecule has 0 saturated carbocycles. The summed E-state index contributed by atoms with van der Waals surface area (Å²) in [5, 5.41) is 11.7. The molecule has 9 heteroatoms. The Kier molecular flexibility index (Phi) is 44.1. The molecule has 0 aromatic rings. The number of quaternary nitrogens is 1. The fraction of sp³-hybridized carbons (Fsp3) is 0.906. The number of likely N-dealkylation sites (N-methyl/N-ethyl adjacent to an activating group) is 1. The Labute approximate surface area is 383 Å². The van der Waals surface area contributed by atoms with Crippen molar-refractivity contribution in [3.8, 4) is 0 Å². The van der Waals surface area contributed by atoms with E-state index in [4.69, 9.17) is 18.9 Å². The highest BCUT2D eigenvalue weighted by molar-refractivity contribution is 5.70. The van der Waals surface area contributed by atoms with Gasteiger partial charge < -0.3 is 33.3 Å². The summed E-state index contributed by atoms with van der Waals surface area (Å²) >= 11 is 0. The molecule has 0 bridgehead atoms. The number of carboxylic acids is 1. The van der Waals surface area contributed by atoms with Crippen LogP contribution in [0.3, 0.4) is 0 Å². The van der Waals surface area contributed by atoms with Gasteiger partial charge in [-0.25, -0.2) is 0 Å². The van der Waals surface area contributed by atoms with Crippen LogP contribution < -0.4 is 5.11 Å². The first-order valence-electron chi connectivity index (χ1n) is 26.3. The summed E-state index contributed by atoms with van der Waals surface area (Å²) in [6.07, 6.45) is 46.7. The number of hydrogen-bond donors (Lipinski definition) is 0. The zero-order chi connectivity index (χ0) is 45.6. The molecule has 0 aliphatic rings. The van der Waals surface area contributed by atoms with Crippen LogP contribution in [0.5, 0.6) is 0 Å². The molecular weight excluding hydrogens is 779 g/mol. The third-order valence-electron chi connectivity index (χ3n) is 11.8. The van der Waals surface area contributed by atoms with Crippen molar-refractivity contribution in [1.29, 1.82) is 0 Å². The van der Waals surface area contributed by atoms with Gasteiger partial charge in [0.25, 0.3) is 0 Å². The van der Waals surface area contributed by atoms with E-state index >= 15 is 0 Å². The summed E-state index contributed by atoms with van der Waals surface area (Å²) in [6.45, 7) is 4.78. The lowest BCUT2D eigenvalue weighted by molar-refractivity contribution is -0.870. The molecule has 0 aromatic heterocycles.